The summed E-state index contributed by atoms with van der Waals surface area (Å²) in [6, 6.07) is 4.37. The number of aryl methyl sites for hydroxylation is 2. The smallest absolute Gasteiger partial charge is 0.289 e. The predicted molar refractivity (Wildman–Crippen MR) is 75.1 cm³/mol. The molecule has 2 rings (SSSR count). The fourth-order valence-electron chi connectivity index (χ4n) is 2.68. The van der Waals surface area contributed by atoms with Crippen LogP contribution in [0.5, 0.6) is 0 Å². The van der Waals surface area contributed by atoms with E-state index < -0.39 is 18.6 Å². The van der Waals surface area contributed by atoms with Gasteiger partial charge in [0.1, 0.15) is 12.6 Å². The van der Waals surface area contributed by atoms with Crippen molar-refractivity contribution in [2.45, 2.75) is 25.8 Å². The molecule has 112 valence electrons. The molecule has 0 amide bonds. The highest BCUT2D eigenvalue weighted by Crippen LogP contribution is 2.37. The number of halogens is 2. The highest BCUT2D eigenvalue weighted by atomic mass is 19.3. The normalized spacial score (nSPS) is 19.1. The molecule has 1 aliphatic rings. The number of nitrogens with zero attached hydrogens (tertiary/aromatic N) is 1. The van der Waals surface area contributed by atoms with Gasteiger partial charge in [0.15, 0.2) is 0 Å². The number of aliphatic hydroxyl groups excluding tert-OH is 1. The van der Waals surface area contributed by atoms with Crippen LogP contribution >= 0.6 is 0 Å². The molecule has 1 aromatic rings. The molecule has 1 aliphatic heterocycles. The first kappa shape index (κ1) is 15.4. The molecule has 3 nitrogen and oxygen atoms in total. The van der Waals surface area contributed by atoms with Crippen LogP contribution in [0.3, 0.4) is 0 Å². The summed E-state index contributed by atoms with van der Waals surface area (Å²) in [6.07, 6.45) is 0. The van der Waals surface area contributed by atoms with Gasteiger partial charge in [0.05, 0.1) is 0 Å². The second-order valence-corrected chi connectivity index (χ2v) is 5.45. The van der Waals surface area contributed by atoms with Gasteiger partial charge in [-0.05, 0) is 30.5 Å². The Morgan fingerprint density at radius 3 is 2.45 bits per heavy atom. The first-order valence-corrected chi connectivity index (χ1v) is 6.96. The molecule has 0 spiro atoms. The Balaban J connectivity index is 2.36. The van der Waals surface area contributed by atoms with Crippen LogP contribution in [-0.2, 0) is 0 Å². The van der Waals surface area contributed by atoms with Crippen LogP contribution < -0.4 is 5.32 Å². The van der Waals surface area contributed by atoms with Crippen LogP contribution in [0.2, 0.25) is 0 Å². The van der Waals surface area contributed by atoms with Crippen LogP contribution in [0.4, 0.5) is 8.78 Å². The van der Waals surface area contributed by atoms with Crippen molar-refractivity contribution in [2.24, 2.45) is 0 Å². The SMILES string of the molecule is Cc1ccc([C@@H](N2CCNCC2)C(F)(F)CO)cc1C. The number of rotatable bonds is 4. The molecule has 1 heterocycles. The molecule has 5 heteroatoms. The van der Waals surface area contributed by atoms with Crippen molar-refractivity contribution in [3.8, 4) is 0 Å². The van der Waals surface area contributed by atoms with Crippen LogP contribution in [-0.4, -0.2) is 48.7 Å². The summed E-state index contributed by atoms with van der Waals surface area (Å²) < 4.78 is 28.4. The van der Waals surface area contributed by atoms with E-state index >= 15 is 0 Å². The topological polar surface area (TPSA) is 35.5 Å². The summed E-state index contributed by atoms with van der Waals surface area (Å²) >= 11 is 0. The van der Waals surface area contributed by atoms with Gasteiger partial charge in [-0.1, -0.05) is 18.2 Å². The molecule has 0 aliphatic carbocycles. The number of benzene rings is 1. The number of aliphatic hydroxyl groups is 1. The lowest BCUT2D eigenvalue weighted by Crippen LogP contribution is -2.51. The average Bonchev–Trinajstić information content (AvgIpc) is 2.44. The summed E-state index contributed by atoms with van der Waals surface area (Å²) in [7, 11) is 0. The number of hydrogen-bond acceptors (Lipinski definition) is 3. The first-order valence-electron chi connectivity index (χ1n) is 6.96. The monoisotopic (exact) mass is 284 g/mol. The largest absolute Gasteiger partial charge is 0.390 e. The van der Waals surface area contributed by atoms with Crippen molar-refractivity contribution in [2.75, 3.05) is 32.8 Å². The predicted octanol–water partition coefficient (Wildman–Crippen LogP) is 1.88. The number of nitrogens with one attached hydrogen (secondary N) is 1. The standard InChI is InChI=1S/C15H22F2N2O/c1-11-3-4-13(9-12(11)2)14(15(16,17)10-20)19-7-5-18-6-8-19/h3-4,9,14,18,20H,5-8,10H2,1-2H3/t14-/m1/s1. The molecule has 0 bridgehead atoms. The van der Waals surface area contributed by atoms with Crippen molar-refractivity contribution in [1.82, 2.24) is 10.2 Å². The third-order valence-corrected chi connectivity index (χ3v) is 3.97. The molecule has 1 fully saturated rings. The molecular formula is C15H22F2N2O. The lowest BCUT2D eigenvalue weighted by atomic mass is 9.95. The minimum Gasteiger partial charge on any atom is -0.390 e. The van der Waals surface area contributed by atoms with E-state index in [1.807, 2.05) is 26.0 Å². The molecule has 0 radical (unpaired) electrons. The third-order valence-electron chi connectivity index (χ3n) is 3.97. The van der Waals surface area contributed by atoms with E-state index in [4.69, 9.17) is 5.11 Å². The van der Waals surface area contributed by atoms with Crippen LogP contribution in [0.1, 0.15) is 22.7 Å². The van der Waals surface area contributed by atoms with Gasteiger partial charge in [0, 0.05) is 26.2 Å². The van der Waals surface area contributed by atoms with E-state index in [-0.39, 0.29) is 0 Å². The van der Waals surface area contributed by atoms with E-state index in [1.165, 1.54) is 0 Å². The zero-order valence-electron chi connectivity index (χ0n) is 12.0. The molecule has 0 aromatic heterocycles. The molecule has 1 aromatic carbocycles. The fraction of sp³-hybridized carbons (Fsp3) is 0.600. The zero-order valence-corrected chi connectivity index (χ0v) is 12.0. The second-order valence-electron chi connectivity index (χ2n) is 5.45. The van der Waals surface area contributed by atoms with Gasteiger partial charge in [0.2, 0.25) is 0 Å². The summed E-state index contributed by atoms with van der Waals surface area (Å²) in [6.45, 7) is 5.27. The Labute approximate surface area is 118 Å². The Kier molecular flexibility index (Phi) is 4.73. The Bertz CT molecular complexity index is 459. The molecule has 1 atom stereocenters. The van der Waals surface area contributed by atoms with Crippen molar-refractivity contribution in [1.29, 1.82) is 0 Å². The van der Waals surface area contributed by atoms with E-state index in [2.05, 4.69) is 5.32 Å². The van der Waals surface area contributed by atoms with Crippen LogP contribution in [0.15, 0.2) is 18.2 Å². The molecular weight excluding hydrogens is 262 g/mol. The van der Waals surface area contributed by atoms with Gasteiger partial charge in [-0.15, -0.1) is 0 Å². The van der Waals surface area contributed by atoms with Gasteiger partial charge in [0.25, 0.3) is 5.92 Å². The molecule has 0 unspecified atom stereocenters. The maximum absolute atomic E-state index is 14.2. The van der Waals surface area contributed by atoms with E-state index in [0.717, 1.165) is 11.1 Å². The van der Waals surface area contributed by atoms with E-state index in [9.17, 15) is 8.78 Å². The average molecular weight is 284 g/mol. The molecule has 20 heavy (non-hydrogen) atoms. The quantitative estimate of drug-likeness (QED) is 0.886. The zero-order chi connectivity index (χ0) is 14.8. The maximum atomic E-state index is 14.2. The van der Waals surface area contributed by atoms with Gasteiger partial charge in [-0.2, -0.15) is 0 Å². The lowest BCUT2D eigenvalue weighted by molar-refractivity contribution is -0.118. The minimum atomic E-state index is -3.14. The summed E-state index contributed by atoms with van der Waals surface area (Å²) in [5.74, 6) is -3.14. The number of piperazine rings is 1. The number of alkyl halides is 2. The summed E-state index contributed by atoms with van der Waals surface area (Å²) in [5.41, 5.74) is 2.66. The lowest BCUT2D eigenvalue weighted by Gasteiger charge is -2.39. The van der Waals surface area contributed by atoms with E-state index in [1.54, 1.807) is 11.0 Å². The highest BCUT2D eigenvalue weighted by molar-refractivity contribution is 5.33. The Morgan fingerprint density at radius 2 is 1.90 bits per heavy atom. The highest BCUT2D eigenvalue weighted by Gasteiger charge is 2.44. The van der Waals surface area contributed by atoms with Crippen LogP contribution in [0.25, 0.3) is 0 Å². The van der Waals surface area contributed by atoms with E-state index in [0.29, 0.717) is 31.7 Å². The molecule has 2 N–H and O–H groups in total. The number of hydrogen-bond donors (Lipinski definition) is 2. The van der Waals surface area contributed by atoms with Crippen molar-refractivity contribution >= 4 is 0 Å². The first-order chi connectivity index (χ1) is 9.45. The van der Waals surface area contributed by atoms with Gasteiger partial charge < -0.3 is 10.4 Å². The van der Waals surface area contributed by atoms with Gasteiger partial charge in [-0.25, -0.2) is 8.78 Å². The molecule has 1 saturated heterocycles. The Hall–Kier alpha value is -1.04. The fourth-order valence-corrected chi connectivity index (χ4v) is 2.68. The summed E-state index contributed by atoms with van der Waals surface area (Å²) in [4.78, 5) is 1.76. The van der Waals surface area contributed by atoms with Crippen molar-refractivity contribution < 1.29 is 13.9 Å². The molecule has 0 saturated carbocycles. The van der Waals surface area contributed by atoms with Gasteiger partial charge >= 0.3 is 0 Å². The van der Waals surface area contributed by atoms with Crippen molar-refractivity contribution in [3.05, 3.63) is 34.9 Å². The second kappa shape index (κ2) is 6.16. The van der Waals surface area contributed by atoms with Gasteiger partial charge in [-0.3, -0.25) is 4.90 Å². The van der Waals surface area contributed by atoms with Crippen LogP contribution in [0, 0.1) is 13.8 Å². The maximum Gasteiger partial charge on any atom is 0.289 e. The summed E-state index contributed by atoms with van der Waals surface area (Å²) in [5, 5.41) is 12.2. The minimum absolute atomic E-state index is 0.563. The third kappa shape index (κ3) is 3.16. The Morgan fingerprint density at radius 1 is 1.25 bits per heavy atom. The van der Waals surface area contributed by atoms with Crippen molar-refractivity contribution in [3.63, 3.8) is 0 Å².